The van der Waals surface area contributed by atoms with E-state index in [-0.39, 0.29) is 11.9 Å². The molecule has 130 valence electrons. The van der Waals surface area contributed by atoms with Crippen LogP contribution in [0.15, 0.2) is 22.6 Å². The minimum Gasteiger partial charge on any atom is -0.461 e. The average molecular weight is 331 g/mol. The van der Waals surface area contributed by atoms with Gasteiger partial charge < -0.3 is 19.1 Å². The second kappa shape index (κ2) is 6.71. The monoisotopic (exact) mass is 331 g/mol. The largest absolute Gasteiger partial charge is 0.461 e. The molecule has 3 amide bonds. The molecule has 2 atom stereocenters. The molecule has 2 heterocycles. The van der Waals surface area contributed by atoms with Gasteiger partial charge in [0, 0.05) is 52.3 Å². The van der Waals surface area contributed by atoms with E-state index in [9.17, 15) is 9.59 Å². The third-order valence-electron chi connectivity index (χ3n) is 4.76. The molecule has 6 heteroatoms. The van der Waals surface area contributed by atoms with Gasteiger partial charge in [-0.3, -0.25) is 4.79 Å². The van der Waals surface area contributed by atoms with Crippen molar-refractivity contribution in [3.63, 3.8) is 0 Å². The lowest BCUT2D eigenvalue weighted by atomic mass is 10.2. The predicted molar refractivity (Wildman–Crippen MR) is 91.5 cm³/mol. The molecule has 0 spiro atoms. The molecule has 1 aliphatic carbocycles. The summed E-state index contributed by atoms with van der Waals surface area (Å²) in [6.07, 6.45) is 4.48. The van der Waals surface area contributed by atoms with E-state index in [2.05, 4.69) is 6.92 Å². The highest BCUT2D eigenvalue weighted by atomic mass is 16.3. The van der Waals surface area contributed by atoms with Gasteiger partial charge in [-0.05, 0) is 30.5 Å². The molecule has 0 N–H and O–H groups in total. The third-order valence-corrected chi connectivity index (χ3v) is 4.76. The first-order valence-corrected chi connectivity index (χ1v) is 8.48. The van der Waals surface area contributed by atoms with E-state index in [1.807, 2.05) is 12.1 Å². The summed E-state index contributed by atoms with van der Waals surface area (Å²) in [5.41, 5.74) is 0. The highest BCUT2D eigenvalue weighted by Crippen LogP contribution is 2.47. The molecule has 1 aromatic rings. The Hall–Kier alpha value is -2.24. The fourth-order valence-electron chi connectivity index (χ4n) is 3.04. The Morgan fingerprint density at radius 3 is 2.38 bits per heavy atom. The number of rotatable bonds is 3. The zero-order valence-corrected chi connectivity index (χ0v) is 14.6. The van der Waals surface area contributed by atoms with Gasteiger partial charge >= 0.3 is 6.03 Å². The van der Waals surface area contributed by atoms with Gasteiger partial charge in [0.1, 0.15) is 11.5 Å². The van der Waals surface area contributed by atoms with Crippen molar-refractivity contribution in [3.8, 4) is 0 Å². The summed E-state index contributed by atoms with van der Waals surface area (Å²) in [5.74, 6) is 2.95. The van der Waals surface area contributed by atoms with Gasteiger partial charge in [0.2, 0.25) is 5.91 Å². The molecule has 1 saturated carbocycles. The fraction of sp³-hybridized carbons (Fsp3) is 0.556. The standard InChI is InChI=1S/C18H25N3O3/c1-13-12-15(13)16-6-4-14(24-16)5-7-17(22)20-8-10-21(11-9-20)18(23)19(2)3/h4-7,13,15H,8-12H2,1-3H3/b7-5+. The second-order valence-corrected chi connectivity index (χ2v) is 6.88. The van der Waals surface area contributed by atoms with Gasteiger partial charge in [-0.25, -0.2) is 4.79 Å². The van der Waals surface area contributed by atoms with Gasteiger partial charge in [-0.1, -0.05) is 6.92 Å². The molecule has 1 aromatic heterocycles. The number of furan rings is 1. The van der Waals surface area contributed by atoms with Crippen LogP contribution in [-0.2, 0) is 4.79 Å². The zero-order valence-electron chi connectivity index (χ0n) is 14.6. The summed E-state index contributed by atoms with van der Waals surface area (Å²) in [6, 6.07) is 3.91. The van der Waals surface area contributed by atoms with E-state index in [0.717, 1.165) is 11.5 Å². The third kappa shape index (κ3) is 3.63. The van der Waals surface area contributed by atoms with Gasteiger partial charge in [0.05, 0.1) is 0 Å². The van der Waals surface area contributed by atoms with E-state index in [0.29, 0.717) is 38.0 Å². The van der Waals surface area contributed by atoms with Gasteiger partial charge in [0.25, 0.3) is 0 Å². The molecule has 24 heavy (non-hydrogen) atoms. The predicted octanol–water partition coefficient (Wildman–Crippen LogP) is 2.24. The fourth-order valence-corrected chi connectivity index (χ4v) is 3.04. The first-order chi connectivity index (χ1) is 11.5. The minimum atomic E-state index is -0.0373. The van der Waals surface area contributed by atoms with Crippen LogP contribution in [0, 0.1) is 5.92 Å². The van der Waals surface area contributed by atoms with Crippen LogP contribution in [0.5, 0.6) is 0 Å². The Kier molecular flexibility index (Phi) is 4.64. The van der Waals surface area contributed by atoms with Crippen LogP contribution in [-0.4, -0.2) is 66.9 Å². The van der Waals surface area contributed by atoms with Crippen LogP contribution in [0.25, 0.3) is 6.08 Å². The molecular formula is C18H25N3O3. The number of nitrogens with zero attached hydrogens (tertiary/aromatic N) is 3. The lowest BCUT2D eigenvalue weighted by Gasteiger charge is -2.35. The van der Waals surface area contributed by atoms with E-state index < -0.39 is 0 Å². The maximum atomic E-state index is 12.3. The summed E-state index contributed by atoms with van der Waals surface area (Å²) in [7, 11) is 3.48. The SMILES string of the molecule is CC1CC1c1ccc(/C=C/C(=O)N2CCN(C(=O)N(C)C)CC2)o1. The lowest BCUT2D eigenvalue weighted by molar-refractivity contribution is -0.127. The molecule has 1 aliphatic heterocycles. The highest BCUT2D eigenvalue weighted by Gasteiger charge is 2.36. The summed E-state index contributed by atoms with van der Waals surface area (Å²) < 4.78 is 5.77. The van der Waals surface area contributed by atoms with Crippen molar-refractivity contribution in [2.45, 2.75) is 19.3 Å². The Balaban J connectivity index is 1.50. The van der Waals surface area contributed by atoms with Crippen molar-refractivity contribution in [2.24, 2.45) is 5.92 Å². The Bertz CT molecular complexity index is 642. The van der Waals surface area contributed by atoms with Crippen molar-refractivity contribution in [1.29, 1.82) is 0 Å². The van der Waals surface area contributed by atoms with E-state index >= 15 is 0 Å². The quantitative estimate of drug-likeness (QED) is 0.798. The van der Waals surface area contributed by atoms with Crippen molar-refractivity contribution in [3.05, 3.63) is 29.7 Å². The summed E-state index contributed by atoms with van der Waals surface area (Å²) in [4.78, 5) is 29.3. The van der Waals surface area contributed by atoms with E-state index in [1.54, 1.807) is 40.9 Å². The van der Waals surface area contributed by atoms with E-state index in [1.165, 1.54) is 6.42 Å². The average Bonchev–Trinajstić information content (AvgIpc) is 3.12. The molecule has 1 saturated heterocycles. The summed E-state index contributed by atoms with van der Waals surface area (Å²) in [6.45, 7) is 4.48. The number of piperazine rings is 1. The number of urea groups is 1. The molecule has 2 aliphatic rings. The molecule has 2 fully saturated rings. The maximum absolute atomic E-state index is 12.3. The Morgan fingerprint density at radius 1 is 1.17 bits per heavy atom. The Morgan fingerprint density at radius 2 is 1.79 bits per heavy atom. The van der Waals surface area contributed by atoms with Crippen LogP contribution >= 0.6 is 0 Å². The summed E-state index contributed by atoms with van der Waals surface area (Å²) in [5, 5.41) is 0. The number of carbonyl (C=O) groups is 2. The number of amides is 3. The maximum Gasteiger partial charge on any atom is 0.319 e. The molecule has 6 nitrogen and oxygen atoms in total. The summed E-state index contributed by atoms with van der Waals surface area (Å²) >= 11 is 0. The second-order valence-electron chi connectivity index (χ2n) is 6.88. The van der Waals surface area contributed by atoms with Crippen molar-refractivity contribution in [2.75, 3.05) is 40.3 Å². The normalized spacial score (nSPS) is 23.6. The number of hydrogen-bond acceptors (Lipinski definition) is 3. The minimum absolute atomic E-state index is 0.00457. The van der Waals surface area contributed by atoms with Crippen LogP contribution in [0.1, 0.15) is 30.8 Å². The topological polar surface area (TPSA) is 57.0 Å². The molecule has 2 unspecified atom stereocenters. The van der Waals surface area contributed by atoms with Crippen LogP contribution in [0.3, 0.4) is 0 Å². The van der Waals surface area contributed by atoms with E-state index in [4.69, 9.17) is 4.42 Å². The molecule has 0 bridgehead atoms. The smallest absolute Gasteiger partial charge is 0.319 e. The molecule has 3 rings (SSSR count). The van der Waals surface area contributed by atoms with Crippen LogP contribution < -0.4 is 0 Å². The van der Waals surface area contributed by atoms with Crippen LogP contribution in [0.2, 0.25) is 0 Å². The lowest BCUT2D eigenvalue weighted by Crippen LogP contribution is -2.52. The van der Waals surface area contributed by atoms with Crippen molar-refractivity contribution in [1.82, 2.24) is 14.7 Å². The van der Waals surface area contributed by atoms with Crippen molar-refractivity contribution < 1.29 is 14.0 Å². The Labute approximate surface area is 142 Å². The zero-order chi connectivity index (χ0) is 17.3. The van der Waals surface area contributed by atoms with Crippen molar-refractivity contribution >= 4 is 18.0 Å². The van der Waals surface area contributed by atoms with Crippen LogP contribution in [0.4, 0.5) is 4.79 Å². The molecular weight excluding hydrogens is 306 g/mol. The molecule has 0 aromatic carbocycles. The number of carbonyl (C=O) groups excluding carboxylic acids is 2. The molecule has 0 radical (unpaired) electrons. The first-order valence-electron chi connectivity index (χ1n) is 8.48. The highest BCUT2D eigenvalue weighted by molar-refractivity contribution is 5.91. The van der Waals surface area contributed by atoms with Gasteiger partial charge in [-0.2, -0.15) is 0 Å². The number of hydrogen-bond donors (Lipinski definition) is 0. The van der Waals surface area contributed by atoms with Gasteiger partial charge in [-0.15, -0.1) is 0 Å². The van der Waals surface area contributed by atoms with Gasteiger partial charge in [0.15, 0.2) is 0 Å². The first kappa shape index (κ1) is 16.6.